The van der Waals surface area contributed by atoms with Crippen molar-refractivity contribution in [3.8, 4) is 0 Å². The van der Waals surface area contributed by atoms with Crippen LogP contribution in [-0.2, 0) is 0 Å². The third-order valence-corrected chi connectivity index (χ3v) is 1.04. The summed E-state index contributed by atoms with van der Waals surface area (Å²) in [6.07, 6.45) is 2.75. The number of amides is 1. The van der Waals surface area contributed by atoms with Gasteiger partial charge in [0, 0.05) is 13.2 Å². The molecule has 54 valence electrons. The van der Waals surface area contributed by atoms with Gasteiger partial charge in [0.1, 0.15) is 0 Å². The number of carbonyl (C=O) groups is 1. The van der Waals surface area contributed by atoms with Gasteiger partial charge >= 0.3 is 0 Å². The average Bonchev–Trinajstić information content (AvgIpc) is 2.36. The molecule has 0 aromatic carbocycles. The number of hydroxylamine groups is 2. The van der Waals surface area contributed by atoms with Gasteiger partial charge in [0.25, 0.3) is 5.91 Å². The Labute approximate surface area is 57.2 Å². The lowest BCUT2D eigenvalue weighted by Crippen LogP contribution is -2.21. The van der Waals surface area contributed by atoms with Crippen molar-refractivity contribution in [2.45, 2.75) is 0 Å². The van der Waals surface area contributed by atoms with Crippen LogP contribution in [0.4, 0.5) is 0 Å². The monoisotopic (exact) mass is 141 g/mol. The zero-order valence-electron chi connectivity index (χ0n) is 5.40. The van der Waals surface area contributed by atoms with Crippen molar-refractivity contribution in [2.24, 2.45) is 0 Å². The molecule has 1 heterocycles. The Hall–Kier alpha value is -1.36. The number of hydrogen-bond donors (Lipinski definition) is 2. The maximum Gasteiger partial charge on any atom is 0.280 e. The molecule has 1 aromatic rings. The van der Waals surface area contributed by atoms with Gasteiger partial charge in [0.2, 0.25) is 0 Å². The van der Waals surface area contributed by atoms with Gasteiger partial charge in [0.15, 0.2) is 0 Å². The zero-order valence-corrected chi connectivity index (χ0v) is 5.40. The molecule has 0 fully saturated rings. The van der Waals surface area contributed by atoms with E-state index in [-0.39, 0.29) is 0 Å². The summed E-state index contributed by atoms with van der Waals surface area (Å²) < 4.78 is 0. The lowest BCUT2D eigenvalue weighted by atomic mass is 10.3. The summed E-state index contributed by atoms with van der Waals surface area (Å²) in [5.41, 5.74) is 0.338. The first-order valence-corrected chi connectivity index (χ1v) is 2.67. The Morgan fingerprint density at radius 3 is 3.00 bits per heavy atom. The largest absolute Gasteiger partial charge is 0.286 e. The molecular weight excluding hydrogens is 134 g/mol. The summed E-state index contributed by atoms with van der Waals surface area (Å²) in [5.74, 6) is -0.478. The molecule has 10 heavy (non-hydrogen) atoms. The van der Waals surface area contributed by atoms with Crippen molar-refractivity contribution in [3.05, 3.63) is 18.0 Å². The highest BCUT2D eigenvalue weighted by Crippen LogP contribution is 1.96. The smallest absolute Gasteiger partial charge is 0.280 e. The number of hydrogen-bond acceptors (Lipinski definition) is 3. The van der Waals surface area contributed by atoms with E-state index in [1.807, 2.05) is 0 Å². The van der Waals surface area contributed by atoms with Crippen LogP contribution in [0.3, 0.4) is 0 Å². The first kappa shape index (κ1) is 6.76. The van der Waals surface area contributed by atoms with Crippen LogP contribution in [0.2, 0.25) is 0 Å². The minimum absolute atomic E-state index is 0.338. The third kappa shape index (κ3) is 1.14. The van der Waals surface area contributed by atoms with E-state index >= 15 is 0 Å². The predicted molar refractivity (Wildman–Crippen MR) is 32.5 cm³/mol. The van der Waals surface area contributed by atoms with Crippen molar-refractivity contribution < 1.29 is 10.0 Å². The highest BCUT2D eigenvalue weighted by molar-refractivity contribution is 5.92. The maximum absolute atomic E-state index is 10.8. The van der Waals surface area contributed by atoms with Gasteiger partial charge in [-0.2, -0.15) is 5.10 Å². The molecule has 0 atom stereocenters. The van der Waals surface area contributed by atoms with E-state index in [0.717, 1.165) is 0 Å². The Bertz CT molecular complexity index is 217. The summed E-state index contributed by atoms with van der Waals surface area (Å²) in [5, 5.41) is 15.1. The molecule has 5 heteroatoms. The molecule has 0 unspecified atom stereocenters. The molecule has 0 aliphatic heterocycles. The van der Waals surface area contributed by atoms with Crippen molar-refractivity contribution in [1.82, 2.24) is 15.3 Å². The Morgan fingerprint density at radius 2 is 2.60 bits per heavy atom. The van der Waals surface area contributed by atoms with Crippen molar-refractivity contribution >= 4 is 5.91 Å². The number of aromatic amines is 1. The highest BCUT2D eigenvalue weighted by atomic mass is 16.5. The topological polar surface area (TPSA) is 69.2 Å². The molecule has 0 saturated heterocycles. The third-order valence-electron chi connectivity index (χ3n) is 1.04. The van der Waals surface area contributed by atoms with E-state index < -0.39 is 5.91 Å². The van der Waals surface area contributed by atoms with Crippen LogP contribution in [0, 0.1) is 0 Å². The predicted octanol–water partition coefficient (Wildman–Crippen LogP) is -0.129. The normalized spacial score (nSPS) is 9.40. The lowest BCUT2D eigenvalue weighted by molar-refractivity contribution is -0.0374. The van der Waals surface area contributed by atoms with E-state index in [0.29, 0.717) is 10.6 Å². The standard InChI is InChI=1S/C5H7N3O2/c1-8(10)5(9)4-2-6-7-3-4/h2-3,10H,1H3,(H,6,7). The van der Waals surface area contributed by atoms with E-state index in [4.69, 9.17) is 5.21 Å². The van der Waals surface area contributed by atoms with Crippen LogP contribution < -0.4 is 0 Å². The van der Waals surface area contributed by atoms with Gasteiger partial charge in [-0.1, -0.05) is 0 Å². The van der Waals surface area contributed by atoms with Gasteiger partial charge in [-0.15, -0.1) is 0 Å². The van der Waals surface area contributed by atoms with Crippen LogP contribution in [0.25, 0.3) is 0 Å². The molecule has 0 aliphatic carbocycles. The Balaban J connectivity index is 2.78. The molecule has 0 spiro atoms. The second-order valence-corrected chi connectivity index (χ2v) is 1.82. The number of nitrogens with zero attached hydrogens (tertiary/aromatic N) is 2. The summed E-state index contributed by atoms with van der Waals surface area (Å²) in [6, 6.07) is 0. The molecule has 2 N–H and O–H groups in total. The Morgan fingerprint density at radius 1 is 1.90 bits per heavy atom. The van der Waals surface area contributed by atoms with Gasteiger partial charge < -0.3 is 0 Å². The summed E-state index contributed by atoms with van der Waals surface area (Å²) in [4.78, 5) is 10.8. The number of aromatic nitrogens is 2. The van der Waals surface area contributed by atoms with Gasteiger partial charge in [-0.3, -0.25) is 15.1 Å². The molecule has 0 aliphatic rings. The quantitative estimate of drug-likeness (QED) is 0.423. The second kappa shape index (κ2) is 2.49. The van der Waals surface area contributed by atoms with Gasteiger partial charge in [-0.05, 0) is 0 Å². The lowest BCUT2D eigenvalue weighted by Gasteiger charge is -2.04. The van der Waals surface area contributed by atoms with Crippen LogP contribution in [0.15, 0.2) is 12.4 Å². The summed E-state index contributed by atoms with van der Waals surface area (Å²) in [6.45, 7) is 0. The zero-order chi connectivity index (χ0) is 7.56. The van der Waals surface area contributed by atoms with Crippen LogP contribution in [0.1, 0.15) is 10.4 Å². The first-order chi connectivity index (χ1) is 4.72. The second-order valence-electron chi connectivity index (χ2n) is 1.82. The first-order valence-electron chi connectivity index (χ1n) is 2.67. The fourth-order valence-corrected chi connectivity index (χ4v) is 0.555. The number of H-pyrrole nitrogens is 1. The SMILES string of the molecule is CN(O)C(=O)c1cn[nH]c1. The molecular formula is C5H7N3O2. The molecule has 0 saturated carbocycles. The van der Waals surface area contributed by atoms with Crippen molar-refractivity contribution in [3.63, 3.8) is 0 Å². The van der Waals surface area contributed by atoms with E-state index in [9.17, 15) is 4.79 Å². The molecule has 1 amide bonds. The number of nitrogens with one attached hydrogen (secondary N) is 1. The van der Waals surface area contributed by atoms with E-state index in [1.165, 1.54) is 19.4 Å². The fraction of sp³-hybridized carbons (Fsp3) is 0.200. The fourth-order valence-electron chi connectivity index (χ4n) is 0.555. The van der Waals surface area contributed by atoms with Gasteiger partial charge in [-0.25, -0.2) is 5.06 Å². The van der Waals surface area contributed by atoms with Crippen molar-refractivity contribution in [2.75, 3.05) is 7.05 Å². The average molecular weight is 141 g/mol. The number of carbonyl (C=O) groups excluding carboxylic acids is 1. The summed E-state index contributed by atoms with van der Waals surface area (Å²) >= 11 is 0. The summed E-state index contributed by atoms with van der Waals surface area (Å²) in [7, 11) is 1.26. The minimum Gasteiger partial charge on any atom is -0.286 e. The number of rotatable bonds is 1. The molecule has 0 radical (unpaired) electrons. The molecule has 1 rings (SSSR count). The van der Waals surface area contributed by atoms with Gasteiger partial charge in [0.05, 0.1) is 11.8 Å². The van der Waals surface area contributed by atoms with Crippen LogP contribution in [-0.4, -0.2) is 33.4 Å². The Kier molecular flexibility index (Phi) is 1.68. The van der Waals surface area contributed by atoms with Crippen LogP contribution in [0.5, 0.6) is 0 Å². The van der Waals surface area contributed by atoms with E-state index in [1.54, 1.807) is 0 Å². The molecule has 5 nitrogen and oxygen atoms in total. The molecule has 1 aromatic heterocycles. The minimum atomic E-state index is -0.478. The van der Waals surface area contributed by atoms with Crippen LogP contribution >= 0.6 is 0 Å². The highest BCUT2D eigenvalue weighted by Gasteiger charge is 2.08. The van der Waals surface area contributed by atoms with Crippen molar-refractivity contribution in [1.29, 1.82) is 0 Å². The maximum atomic E-state index is 10.8. The molecule has 0 bridgehead atoms. The van der Waals surface area contributed by atoms with E-state index in [2.05, 4.69) is 10.2 Å².